The fourth-order valence-electron chi connectivity index (χ4n) is 4.00. The molecule has 0 aromatic heterocycles. The summed E-state index contributed by atoms with van der Waals surface area (Å²) in [4.78, 5) is 15.4. The first-order valence-corrected chi connectivity index (χ1v) is 9.56. The van der Waals surface area contributed by atoms with Crippen LogP contribution in [0.1, 0.15) is 37.7 Å². The summed E-state index contributed by atoms with van der Waals surface area (Å²) in [6.45, 7) is 6.21. The van der Waals surface area contributed by atoms with Crippen LogP contribution in [-0.4, -0.2) is 50.1 Å². The van der Waals surface area contributed by atoms with E-state index < -0.39 is 0 Å². The van der Waals surface area contributed by atoms with Crippen molar-refractivity contribution in [3.63, 3.8) is 0 Å². The number of carbonyl (C=O) groups is 1. The van der Waals surface area contributed by atoms with Crippen molar-refractivity contribution >= 4 is 29.9 Å². The zero-order valence-corrected chi connectivity index (χ0v) is 16.3. The van der Waals surface area contributed by atoms with E-state index >= 15 is 0 Å². The van der Waals surface area contributed by atoms with Crippen LogP contribution in [0.25, 0.3) is 0 Å². The largest absolute Gasteiger partial charge is 0.355 e. The molecule has 1 saturated heterocycles. The van der Waals surface area contributed by atoms with Crippen molar-refractivity contribution in [2.45, 2.75) is 37.5 Å². The van der Waals surface area contributed by atoms with Gasteiger partial charge in [-0.3, -0.25) is 4.79 Å². The van der Waals surface area contributed by atoms with Gasteiger partial charge in [0.1, 0.15) is 0 Å². The summed E-state index contributed by atoms with van der Waals surface area (Å²) in [5.74, 6) is 0.197. The first-order chi connectivity index (χ1) is 11.7. The highest BCUT2D eigenvalue weighted by molar-refractivity contribution is 6.30. The third-order valence-corrected chi connectivity index (χ3v) is 5.69. The van der Waals surface area contributed by atoms with E-state index in [0.29, 0.717) is 0 Å². The molecule has 1 saturated carbocycles. The maximum absolute atomic E-state index is 12.9. The van der Waals surface area contributed by atoms with Crippen molar-refractivity contribution in [2.75, 3.05) is 39.3 Å². The van der Waals surface area contributed by atoms with Crippen LogP contribution in [0.2, 0.25) is 5.02 Å². The standard InChI is InChI=1S/C19H28ClN3O.ClH/c20-17-6-4-16(5-7-17)19(8-1-2-9-19)18(24)22-10-3-13-23-14-11-21-12-15-23;/h4-7,21H,1-3,8-15H2,(H,22,24);1H. The Morgan fingerprint density at radius 3 is 2.44 bits per heavy atom. The van der Waals surface area contributed by atoms with Gasteiger partial charge in [-0.1, -0.05) is 36.6 Å². The van der Waals surface area contributed by atoms with Gasteiger partial charge in [-0.2, -0.15) is 0 Å². The fourth-order valence-corrected chi connectivity index (χ4v) is 4.13. The highest BCUT2D eigenvalue weighted by Gasteiger charge is 2.42. The van der Waals surface area contributed by atoms with Crippen LogP contribution in [0.4, 0.5) is 0 Å². The molecule has 4 nitrogen and oxygen atoms in total. The molecule has 140 valence electrons. The Hall–Kier alpha value is -0.810. The average molecular weight is 386 g/mol. The summed E-state index contributed by atoms with van der Waals surface area (Å²) in [6, 6.07) is 7.84. The van der Waals surface area contributed by atoms with E-state index in [0.717, 1.165) is 82.0 Å². The zero-order valence-electron chi connectivity index (χ0n) is 14.7. The second-order valence-electron chi connectivity index (χ2n) is 7.00. The maximum Gasteiger partial charge on any atom is 0.230 e. The molecule has 25 heavy (non-hydrogen) atoms. The van der Waals surface area contributed by atoms with Gasteiger partial charge in [-0.25, -0.2) is 0 Å². The van der Waals surface area contributed by atoms with Crippen molar-refractivity contribution in [1.29, 1.82) is 0 Å². The minimum absolute atomic E-state index is 0. The third kappa shape index (κ3) is 5.10. The molecule has 0 unspecified atom stereocenters. The van der Waals surface area contributed by atoms with E-state index in [1.807, 2.05) is 24.3 Å². The van der Waals surface area contributed by atoms with Gasteiger partial charge in [0, 0.05) is 37.7 Å². The van der Waals surface area contributed by atoms with Gasteiger partial charge in [-0.15, -0.1) is 12.4 Å². The van der Waals surface area contributed by atoms with E-state index in [9.17, 15) is 4.79 Å². The first-order valence-electron chi connectivity index (χ1n) is 9.18. The lowest BCUT2D eigenvalue weighted by molar-refractivity contribution is -0.126. The smallest absolute Gasteiger partial charge is 0.230 e. The molecular weight excluding hydrogens is 357 g/mol. The molecule has 2 N–H and O–H groups in total. The summed E-state index contributed by atoms with van der Waals surface area (Å²) in [7, 11) is 0. The van der Waals surface area contributed by atoms with E-state index in [1.165, 1.54) is 0 Å². The molecule has 2 fully saturated rings. The van der Waals surface area contributed by atoms with Gasteiger partial charge in [0.2, 0.25) is 5.91 Å². The molecule has 0 bridgehead atoms. The van der Waals surface area contributed by atoms with Crippen molar-refractivity contribution in [3.8, 4) is 0 Å². The molecule has 6 heteroatoms. The molecule has 1 aliphatic carbocycles. The zero-order chi connectivity index (χ0) is 16.8. The van der Waals surface area contributed by atoms with E-state index in [1.54, 1.807) is 0 Å². The predicted octanol–water partition coefficient (Wildman–Crippen LogP) is 2.99. The first kappa shape index (κ1) is 20.5. The van der Waals surface area contributed by atoms with Crippen molar-refractivity contribution < 1.29 is 4.79 Å². The van der Waals surface area contributed by atoms with Crippen molar-refractivity contribution in [2.24, 2.45) is 0 Å². The summed E-state index contributed by atoms with van der Waals surface area (Å²) in [6.07, 6.45) is 5.15. The highest BCUT2D eigenvalue weighted by atomic mass is 35.5. The molecule has 1 heterocycles. The van der Waals surface area contributed by atoms with Crippen LogP contribution in [0, 0.1) is 0 Å². The minimum Gasteiger partial charge on any atom is -0.355 e. The molecule has 0 radical (unpaired) electrons. The Kier molecular flexibility index (Phi) is 8.01. The number of halogens is 2. The normalized spacial score (nSPS) is 20.0. The molecule has 0 atom stereocenters. The maximum atomic E-state index is 12.9. The number of hydrogen-bond acceptors (Lipinski definition) is 3. The molecule has 1 aliphatic heterocycles. The second kappa shape index (κ2) is 9.77. The van der Waals surface area contributed by atoms with Crippen LogP contribution in [0.15, 0.2) is 24.3 Å². The lowest BCUT2D eigenvalue weighted by atomic mass is 9.78. The molecule has 3 rings (SSSR count). The molecule has 1 aromatic carbocycles. The Balaban J connectivity index is 0.00000225. The monoisotopic (exact) mass is 385 g/mol. The number of hydrogen-bond donors (Lipinski definition) is 2. The number of rotatable bonds is 6. The fraction of sp³-hybridized carbons (Fsp3) is 0.632. The number of nitrogens with zero attached hydrogens (tertiary/aromatic N) is 1. The van der Waals surface area contributed by atoms with Gasteiger partial charge in [0.05, 0.1) is 5.41 Å². The second-order valence-corrected chi connectivity index (χ2v) is 7.43. The molecule has 0 spiro atoms. The van der Waals surface area contributed by atoms with Gasteiger partial charge >= 0.3 is 0 Å². The average Bonchev–Trinajstić information content (AvgIpc) is 3.11. The summed E-state index contributed by atoms with van der Waals surface area (Å²) in [5.41, 5.74) is 0.767. The van der Waals surface area contributed by atoms with Crippen LogP contribution in [0.5, 0.6) is 0 Å². The third-order valence-electron chi connectivity index (χ3n) is 5.43. The van der Waals surface area contributed by atoms with Gasteiger partial charge in [0.15, 0.2) is 0 Å². The number of amides is 1. The molecule has 2 aliphatic rings. The summed E-state index contributed by atoms with van der Waals surface area (Å²) >= 11 is 6.01. The van der Waals surface area contributed by atoms with Gasteiger partial charge < -0.3 is 15.5 Å². The molecule has 1 amide bonds. The van der Waals surface area contributed by atoms with Gasteiger partial charge in [0.25, 0.3) is 0 Å². The number of carbonyl (C=O) groups excluding carboxylic acids is 1. The van der Waals surface area contributed by atoms with Crippen LogP contribution < -0.4 is 10.6 Å². The van der Waals surface area contributed by atoms with Crippen LogP contribution >= 0.6 is 24.0 Å². The van der Waals surface area contributed by atoms with E-state index in [-0.39, 0.29) is 23.7 Å². The number of nitrogens with one attached hydrogen (secondary N) is 2. The lowest BCUT2D eigenvalue weighted by Crippen LogP contribution is -2.45. The van der Waals surface area contributed by atoms with E-state index in [4.69, 9.17) is 11.6 Å². The Bertz CT molecular complexity index is 538. The Morgan fingerprint density at radius 1 is 1.16 bits per heavy atom. The number of piperazine rings is 1. The summed E-state index contributed by atoms with van der Waals surface area (Å²) < 4.78 is 0. The molecule has 1 aromatic rings. The lowest BCUT2D eigenvalue weighted by Gasteiger charge is -2.29. The SMILES string of the molecule is Cl.O=C(NCCCN1CCNCC1)C1(c2ccc(Cl)cc2)CCCC1. The van der Waals surface area contributed by atoms with Crippen molar-refractivity contribution in [1.82, 2.24) is 15.5 Å². The van der Waals surface area contributed by atoms with Gasteiger partial charge in [-0.05, 0) is 43.5 Å². The topological polar surface area (TPSA) is 44.4 Å². The summed E-state index contributed by atoms with van der Waals surface area (Å²) in [5, 5.41) is 7.30. The predicted molar refractivity (Wildman–Crippen MR) is 106 cm³/mol. The quantitative estimate of drug-likeness (QED) is 0.739. The van der Waals surface area contributed by atoms with Crippen molar-refractivity contribution in [3.05, 3.63) is 34.9 Å². The Morgan fingerprint density at radius 2 is 1.80 bits per heavy atom. The number of benzene rings is 1. The van der Waals surface area contributed by atoms with Crippen LogP contribution in [-0.2, 0) is 10.2 Å². The highest BCUT2D eigenvalue weighted by Crippen LogP contribution is 2.41. The van der Waals surface area contributed by atoms with E-state index in [2.05, 4.69) is 15.5 Å². The molecular formula is C19H29Cl2N3O. The Labute approximate surface area is 162 Å². The van der Waals surface area contributed by atoms with Crippen LogP contribution in [0.3, 0.4) is 0 Å². The minimum atomic E-state index is -0.348.